The fourth-order valence-electron chi connectivity index (χ4n) is 13.0. The van der Waals surface area contributed by atoms with Crippen LogP contribution in [0.2, 0.25) is 10.0 Å². The average Bonchev–Trinajstić information content (AvgIpc) is 1.15. The molecule has 1 aliphatic heterocycles. The van der Waals surface area contributed by atoms with Crippen LogP contribution in [0.25, 0.3) is 22.3 Å². The minimum atomic E-state index is -1.39. The Balaban J connectivity index is 0.000000152. The van der Waals surface area contributed by atoms with Crippen LogP contribution in [0, 0.1) is 6.92 Å². The van der Waals surface area contributed by atoms with Crippen LogP contribution in [0.1, 0.15) is 110 Å². The van der Waals surface area contributed by atoms with Crippen molar-refractivity contribution in [2.24, 2.45) is 0 Å². The van der Waals surface area contributed by atoms with Crippen molar-refractivity contribution in [2.45, 2.75) is 49.0 Å². The number of rotatable bonds is 8. The van der Waals surface area contributed by atoms with Gasteiger partial charge in [-0.15, -0.1) is 0 Å². The molecule has 0 aromatic heterocycles. The Morgan fingerprint density at radius 1 is 0.385 bits per heavy atom. The third kappa shape index (κ3) is 13.3. The van der Waals surface area contributed by atoms with Gasteiger partial charge in [-0.05, 0) is 121 Å². The topological polar surface area (TPSA) is 46.5 Å². The largest absolute Gasteiger partial charge is 1.00 e. The van der Waals surface area contributed by atoms with Crippen LogP contribution >= 0.6 is 39.1 Å². The van der Waals surface area contributed by atoms with E-state index in [0.29, 0.717) is 5.02 Å². The van der Waals surface area contributed by atoms with E-state index >= 15 is 0 Å². The van der Waals surface area contributed by atoms with Gasteiger partial charge in [-0.2, -0.15) is 6.42 Å². The summed E-state index contributed by atoms with van der Waals surface area (Å²) in [5.74, 6) is 0.101. The molecule has 91 heavy (non-hydrogen) atoms. The second-order valence-electron chi connectivity index (χ2n) is 22.4. The molecule has 0 spiro atoms. The number of carbonyl (C=O) groups excluding carboxylic acids is 1. The summed E-state index contributed by atoms with van der Waals surface area (Å²) in [7, 11) is 0. The second kappa shape index (κ2) is 30.8. The summed E-state index contributed by atoms with van der Waals surface area (Å²) in [6.45, 7) is 7.72. The number of hydrogen-bond acceptors (Lipinski definition) is 3. The fraction of sp³-hybridized carbons (Fsp3) is 0.119. The van der Waals surface area contributed by atoms with E-state index in [4.69, 9.17) is 27.9 Å². The van der Waals surface area contributed by atoms with Crippen LogP contribution in [0.15, 0.2) is 320 Å². The van der Waals surface area contributed by atoms with Crippen LogP contribution in [0.4, 0.5) is 0 Å². The van der Waals surface area contributed by atoms with Gasteiger partial charge in [0.15, 0.2) is 5.78 Å². The van der Waals surface area contributed by atoms with Crippen LogP contribution in [-0.2, 0) is 21.2 Å². The minimum Gasteiger partial charge on any atom is -0.381 e. The van der Waals surface area contributed by atoms with Crippen molar-refractivity contribution in [2.75, 3.05) is 13.2 Å². The molecule has 3 nitrogen and oxygen atoms in total. The molecule has 0 saturated carbocycles. The van der Waals surface area contributed by atoms with E-state index in [1.807, 2.05) is 140 Å². The summed E-state index contributed by atoms with van der Waals surface area (Å²) in [5.41, 5.74) is 14.9. The van der Waals surface area contributed by atoms with Crippen molar-refractivity contribution in [3.63, 3.8) is 0 Å². The second-order valence-corrected chi connectivity index (χ2v) is 24.1. The molecule has 0 atom stereocenters. The molecule has 446 valence electrons. The molecule has 1 saturated heterocycles. The predicted octanol–water partition coefficient (Wildman–Crippen LogP) is 18.8. The van der Waals surface area contributed by atoms with E-state index in [-0.39, 0.29) is 24.6 Å². The third-order valence-electron chi connectivity index (χ3n) is 17.1. The van der Waals surface area contributed by atoms with E-state index < -0.39 is 16.4 Å². The molecule has 1 heterocycles. The third-order valence-corrected chi connectivity index (χ3v) is 18.3. The van der Waals surface area contributed by atoms with Crippen LogP contribution < -0.4 is 18.9 Å². The Bertz CT molecular complexity index is 4120. The number of fused-ring (bicyclic) bond motifs is 4. The number of carbonyl (C=O) groups is 1. The van der Waals surface area contributed by atoms with Crippen LogP contribution in [0.3, 0.4) is 0 Å². The van der Waals surface area contributed by atoms with E-state index in [2.05, 4.69) is 206 Å². The molecule has 7 heteroatoms. The zero-order valence-corrected chi connectivity index (χ0v) is 54.5. The minimum absolute atomic E-state index is 0. The van der Waals surface area contributed by atoms with Gasteiger partial charge in [-0.25, -0.2) is 0 Å². The van der Waals surface area contributed by atoms with Gasteiger partial charge < -0.3 is 16.8 Å². The quantitative estimate of drug-likeness (QED) is 0.122. The van der Waals surface area contributed by atoms with Crippen molar-refractivity contribution in [1.29, 1.82) is 0 Å². The first kappa shape index (κ1) is 65.8. The van der Waals surface area contributed by atoms with Crippen LogP contribution in [0.5, 0.6) is 0 Å². The summed E-state index contributed by atoms with van der Waals surface area (Å²) < 4.78 is 6.04. The first-order valence-electron chi connectivity index (χ1n) is 30.8. The molecule has 1 fully saturated rings. The summed E-state index contributed by atoms with van der Waals surface area (Å²) >= 11 is 15.6. The Kier molecular flexibility index (Phi) is 22.3. The van der Waals surface area contributed by atoms with Gasteiger partial charge in [0.1, 0.15) is 5.60 Å². The molecule has 0 amide bonds. The van der Waals surface area contributed by atoms with Crippen LogP contribution in [-0.4, -0.2) is 24.1 Å². The van der Waals surface area contributed by atoms with Gasteiger partial charge in [0.05, 0.1) is 10.8 Å². The number of benzene rings is 12. The van der Waals surface area contributed by atoms with Crippen molar-refractivity contribution in [3.8, 4) is 22.3 Å². The maximum atomic E-state index is 13.3. The number of unbranched alkanes of at least 4 members (excludes halogenated alkanes) is 1. The molecule has 2 aliphatic carbocycles. The first-order chi connectivity index (χ1) is 44.2. The van der Waals surface area contributed by atoms with Crippen molar-refractivity contribution in [1.82, 2.24) is 0 Å². The summed E-state index contributed by atoms with van der Waals surface area (Å²) in [4.78, 5) is 13.3. The van der Waals surface area contributed by atoms with E-state index in [1.54, 1.807) is 0 Å². The predicted molar refractivity (Wildman–Crippen MR) is 377 cm³/mol. The molecular formula is C84H70BrCl2LiO3. The molecule has 12 aromatic rings. The van der Waals surface area contributed by atoms with Gasteiger partial charge >= 0.3 is 18.9 Å². The number of ether oxygens (including phenoxy) is 1. The zero-order valence-electron chi connectivity index (χ0n) is 51.4. The van der Waals surface area contributed by atoms with Crippen molar-refractivity contribution >= 4 is 44.9 Å². The molecule has 0 radical (unpaired) electrons. The molecule has 12 aromatic carbocycles. The van der Waals surface area contributed by atoms with Gasteiger partial charge in [0.25, 0.3) is 0 Å². The van der Waals surface area contributed by atoms with E-state index in [9.17, 15) is 9.90 Å². The maximum absolute atomic E-state index is 13.3. The van der Waals surface area contributed by atoms with Crippen molar-refractivity contribution in [3.05, 3.63) is 409 Å². The number of hydrogen-bond donors (Lipinski definition) is 1. The Morgan fingerprint density at radius 2 is 0.670 bits per heavy atom. The Labute approximate surface area is 567 Å². The molecule has 0 bridgehead atoms. The normalized spacial score (nSPS) is 13.9. The SMILES string of the molecule is C1CCOC1.Clc1ccc(-c2ccccc2Br)cc1.O=C1c2ccccc2C(c2ccccc2)(c2ccccc2)c2ccccc21.OC1(c2ccccc2-c2ccc(Cl)cc2)c2ccccc2C(c2ccccc2)(c2ccccc2)c2ccccc21.[CH2-]CCC.[Li+]. The number of aliphatic hydroxyl groups is 1. The molecular weight excluding hydrogens is 1210 g/mol. The fourth-order valence-corrected chi connectivity index (χ4v) is 13.7. The number of ketones is 1. The molecule has 0 unspecified atom stereocenters. The Morgan fingerprint density at radius 3 is 1.02 bits per heavy atom. The first-order valence-corrected chi connectivity index (χ1v) is 32.3. The van der Waals surface area contributed by atoms with Gasteiger partial charge in [0, 0.05) is 44.4 Å². The van der Waals surface area contributed by atoms with Gasteiger partial charge in [0.2, 0.25) is 0 Å². The summed E-state index contributed by atoms with van der Waals surface area (Å²) in [6.07, 6.45) is 4.83. The van der Waals surface area contributed by atoms with Gasteiger partial charge in [-0.1, -0.05) is 338 Å². The molecule has 3 aliphatic rings. The Hall–Kier alpha value is -8.11. The smallest absolute Gasteiger partial charge is 0.381 e. The monoisotopic (exact) mass is 1280 g/mol. The standard InChI is InChI=1S/C38H27ClO.C26H18O.C12H8BrCl.C4H8O.C4H9.Li/c39-30-25-23-27(24-26-30)31-17-7-8-18-32(31)38(40)35-21-11-9-19-33(35)37(28-13-3-1-4-14-28,29-15-5-2-6-16-29)34-20-10-12-22-36(34)38;27-25-21-15-7-9-17-23(21)26(19-11-3-1-4-12-19,20-13-5-2-6-14-20)24-18-10-8-16-22(24)25;13-12-4-2-1-3-11(12)9-5-7-10(14)8-6-9;1-2-4-5-3-1;1-3-4-2;/h1-26,40H;1-18H;1-8H;1-4H2;1,3-4H2,2H3;/q;;;;-1;+1. The van der Waals surface area contributed by atoms with E-state index in [1.165, 1.54) is 41.5 Å². The molecule has 1 N–H and O–H groups in total. The summed E-state index contributed by atoms with van der Waals surface area (Å²) in [5, 5.41) is 14.7. The average molecular weight is 1290 g/mol. The maximum Gasteiger partial charge on any atom is 1.00 e. The van der Waals surface area contributed by atoms with E-state index in [0.717, 1.165) is 101 Å². The van der Waals surface area contributed by atoms with Gasteiger partial charge in [-0.3, -0.25) is 4.79 Å². The number of halogens is 3. The summed E-state index contributed by atoms with van der Waals surface area (Å²) in [6, 6.07) is 107. The molecule has 15 rings (SSSR count). The van der Waals surface area contributed by atoms with Crippen molar-refractivity contribution < 1.29 is 33.5 Å². The zero-order chi connectivity index (χ0) is 62.3.